The molecule has 0 radical (unpaired) electrons. The maximum atomic E-state index is 12.1. The first-order valence-electron chi connectivity index (χ1n) is 6.99. The average molecular weight is 289 g/mol. The molecule has 0 atom stereocenters. The van der Waals surface area contributed by atoms with E-state index in [1.807, 2.05) is 61.5 Å². The van der Waals surface area contributed by atoms with Crippen molar-refractivity contribution < 1.29 is 4.79 Å². The molecule has 3 aromatic rings. The van der Waals surface area contributed by atoms with Crippen LogP contribution in [0.25, 0.3) is 17.3 Å². The van der Waals surface area contributed by atoms with Gasteiger partial charge < -0.3 is 0 Å². The fourth-order valence-electron chi connectivity index (χ4n) is 2.31. The van der Waals surface area contributed by atoms with Crippen LogP contribution < -0.4 is 0 Å². The number of rotatable bonds is 4. The summed E-state index contributed by atoms with van der Waals surface area (Å²) in [6.07, 6.45) is 5.13. The lowest BCUT2D eigenvalue weighted by Gasteiger charge is -2.05. The molecule has 0 amide bonds. The SMILES string of the molecule is Cc1c(C=CC(=O)c2ccccc2)cccc1-c1cn[nH]n1. The fourth-order valence-corrected chi connectivity index (χ4v) is 2.31. The number of H-pyrrole nitrogens is 1. The van der Waals surface area contributed by atoms with Gasteiger partial charge in [0.05, 0.1) is 6.20 Å². The molecule has 0 bridgehead atoms. The number of aromatic nitrogens is 3. The lowest BCUT2D eigenvalue weighted by atomic mass is 9.99. The third-order valence-corrected chi connectivity index (χ3v) is 3.54. The van der Waals surface area contributed by atoms with E-state index in [1.54, 1.807) is 12.3 Å². The monoisotopic (exact) mass is 289 g/mol. The average Bonchev–Trinajstić information content (AvgIpc) is 3.08. The summed E-state index contributed by atoms with van der Waals surface area (Å²) in [6, 6.07) is 15.2. The Labute approximate surface area is 128 Å². The highest BCUT2D eigenvalue weighted by atomic mass is 16.1. The van der Waals surface area contributed by atoms with Crippen molar-refractivity contribution in [1.29, 1.82) is 0 Å². The summed E-state index contributed by atoms with van der Waals surface area (Å²) in [7, 11) is 0. The number of carbonyl (C=O) groups excluding carboxylic acids is 1. The molecule has 0 saturated heterocycles. The maximum absolute atomic E-state index is 12.1. The van der Waals surface area contributed by atoms with Crippen molar-refractivity contribution >= 4 is 11.9 Å². The Kier molecular flexibility index (Phi) is 3.92. The van der Waals surface area contributed by atoms with Crippen molar-refractivity contribution in [2.24, 2.45) is 0 Å². The summed E-state index contributed by atoms with van der Waals surface area (Å²) in [5.74, 6) is -0.00756. The van der Waals surface area contributed by atoms with E-state index in [4.69, 9.17) is 0 Å². The predicted molar refractivity (Wildman–Crippen MR) is 86.4 cm³/mol. The molecule has 108 valence electrons. The summed E-state index contributed by atoms with van der Waals surface area (Å²) >= 11 is 0. The van der Waals surface area contributed by atoms with Gasteiger partial charge in [-0.25, -0.2) is 0 Å². The Morgan fingerprint density at radius 2 is 1.91 bits per heavy atom. The van der Waals surface area contributed by atoms with E-state index in [0.29, 0.717) is 5.56 Å². The molecule has 0 aliphatic carbocycles. The number of hydrogen-bond acceptors (Lipinski definition) is 3. The number of benzene rings is 2. The highest BCUT2D eigenvalue weighted by molar-refractivity contribution is 6.06. The van der Waals surface area contributed by atoms with Gasteiger partial charge in [-0.2, -0.15) is 15.4 Å². The van der Waals surface area contributed by atoms with Gasteiger partial charge in [0.15, 0.2) is 5.78 Å². The number of ketones is 1. The van der Waals surface area contributed by atoms with Crippen molar-refractivity contribution in [2.75, 3.05) is 0 Å². The van der Waals surface area contributed by atoms with Gasteiger partial charge in [0.2, 0.25) is 0 Å². The number of hydrogen-bond donors (Lipinski definition) is 1. The quantitative estimate of drug-likeness (QED) is 0.589. The molecule has 0 aliphatic rings. The summed E-state index contributed by atoms with van der Waals surface area (Å²) in [5, 5.41) is 10.6. The molecule has 0 fully saturated rings. The van der Waals surface area contributed by atoms with Crippen molar-refractivity contribution in [1.82, 2.24) is 15.4 Å². The van der Waals surface area contributed by atoms with Crippen molar-refractivity contribution in [3.63, 3.8) is 0 Å². The first-order valence-corrected chi connectivity index (χ1v) is 6.99. The molecule has 3 rings (SSSR count). The Bertz CT molecular complexity index is 806. The minimum Gasteiger partial charge on any atom is -0.289 e. The lowest BCUT2D eigenvalue weighted by Crippen LogP contribution is -1.93. The molecular formula is C18H15N3O. The van der Waals surface area contributed by atoms with Gasteiger partial charge in [0, 0.05) is 11.1 Å². The lowest BCUT2D eigenvalue weighted by molar-refractivity contribution is 0.104. The third kappa shape index (κ3) is 2.86. The van der Waals surface area contributed by atoms with Crippen LogP contribution in [0.2, 0.25) is 0 Å². The van der Waals surface area contributed by atoms with Crippen molar-refractivity contribution in [3.8, 4) is 11.3 Å². The van der Waals surface area contributed by atoms with Gasteiger partial charge >= 0.3 is 0 Å². The Morgan fingerprint density at radius 1 is 1.09 bits per heavy atom. The highest BCUT2D eigenvalue weighted by Gasteiger charge is 2.07. The molecule has 4 nitrogen and oxygen atoms in total. The third-order valence-electron chi connectivity index (χ3n) is 3.54. The Hall–Kier alpha value is -3.01. The maximum Gasteiger partial charge on any atom is 0.185 e. The molecule has 1 N–H and O–H groups in total. The second kappa shape index (κ2) is 6.18. The van der Waals surface area contributed by atoms with Crippen LogP contribution in [0.1, 0.15) is 21.5 Å². The zero-order valence-corrected chi connectivity index (χ0v) is 12.2. The minimum atomic E-state index is -0.00756. The van der Waals surface area contributed by atoms with Gasteiger partial charge in [-0.1, -0.05) is 54.6 Å². The van der Waals surface area contributed by atoms with E-state index in [-0.39, 0.29) is 5.78 Å². The normalized spacial score (nSPS) is 11.0. The predicted octanol–water partition coefficient (Wildman–Crippen LogP) is 3.68. The van der Waals surface area contributed by atoms with Crippen LogP contribution in [0.5, 0.6) is 0 Å². The van der Waals surface area contributed by atoms with E-state index >= 15 is 0 Å². The Morgan fingerprint density at radius 3 is 2.64 bits per heavy atom. The number of carbonyl (C=O) groups is 1. The van der Waals surface area contributed by atoms with Crippen LogP contribution in [0.15, 0.2) is 60.8 Å². The van der Waals surface area contributed by atoms with Gasteiger partial charge in [0.1, 0.15) is 5.69 Å². The van der Waals surface area contributed by atoms with Crippen molar-refractivity contribution in [2.45, 2.75) is 6.92 Å². The van der Waals surface area contributed by atoms with Crippen LogP contribution in [0.4, 0.5) is 0 Å². The van der Waals surface area contributed by atoms with Gasteiger partial charge in [-0.05, 0) is 24.1 Å². The molecule has 0 unspecified atom stereocenters. The largest absolute Gasteiger partial charge is 0.289 e. The highest BCUT2D eigenvalue weighted by Crippen LogP contribution is 2.24. The molecule has 0 aliphatic heterocycles. The summed E-state index contributed by atoms with van der Waals surface area (Å²) < 4.78 is 0. The van der Waals surface area contributed by atoms with Gasteiger partial charge in [0.25, 0.3) is 0 Å². The molecule has 0 saturated carbocycles. The van der Waals surface area contributed by atoms with E-state index in [2.05, 4.69) is 15.4 Å². The van der Waals surface area contributed by atoms with Crippen LogP contribution in [-0.2, 0) is 0 Å². The topological polar surface area (TPSA) is 58.6 Å². The second-order valence-corrected chi connectivity index (χ2v) is 4.94. The summed E-state index contributed by atoms with van der Waals surface area (Å²) in [5.41, 5.74) is 4.53. The number of aromatic amines is 1. The molecule has 4 heteroatoms. The number of nitrogens with zero attached hydrogens (tertiary/aromatic N) is 2. The fraction of sp³-hybridized carbons (Fsp3) is 0.0556. The second-order valence-electron chi connectivity index (χ2n) is 4.94. The number of nitrogens with one attached hydrogen (secondary N) is 1. The van der Waals surface area contributed by atoms with Crippen LogP contribution >= 0.6 is 0 Å². The smallest absolute Gasteiger partial charge is 0.185 e. The van der Waals surface area contributed by atoms with E-state index in [9.17, 15) is 4.79 Å². The van der Waals surface area contributed by atoms with Crippen LogP contribution in [0.3, 0.4) is 0 Å². The molecule has 1 aromatic heterocycles. The first kappa shape index (κ1) is 13.9. The number of allylic oxidation sites excluding steroid dienone is 1. The summed E-state index contributed by atoms with van der Waals surface area (Å²) in [4.78, 5) is 12.1. The van der Waals surface area contributed by atoms with E-state index < -0.39 is 0 Å². The van der Waals surface area contributed by atoms with E-state index in [1.165, 1.54) is 0 Å². The van der Waals surface area contributed by atoms with Crippen LogP contribution in [-0.4, -0.2) is 21.2 Å². The molecule has 22 heavy (non-hydrogen) atoms. The zero-order valence-electron chi connectivity index (χ0n) is 12.2. The van der Waals surface area contributed by atoms with Crippen molar-refractivity contribution in [3.05, 3.63) is 77.5 Å². The van der Waals surface area contributed by atoms with Gasteiger partial charge in [-0.15, -0.1) is 0 Å². The first-order chi connectivity index (χ1) is 10.8. The zero-order chi connectivity index (χ0) is 15.4. The van der Waals surface area contributed by atoms with E-state index in [0.717, 1.165) is 22.4 Å². The summed E-state index contributed by atoms with van der Waals surface area (Å²) in [6.45, 7) is 2.01. The molecule has 0 spiro atoms. The standard InChI is InChI=1S/C18H15N3O/c1-13-14(8-5-9-16(13)17-12-19-21-20-17)10-11-18(22)15-6-3-2-4-7-15/h2-12H,1H3,(H,19,20,21). The van der Waals surface area contributed by atoms with Crippen LogP contribution in [0, 0.1) is 6.92 Å². The molecule has 2 aromatic carbocycles. The van der Waals surface area contributed by atoms with Gasteiger partial charge in [-0.3, -0.25) is 4.79 Å². The Balaban J connectivity index is 1.89. The molecule has 1 heterocycles. The minimum absolute atomic E-state index is 0.00756. The molecular weight excluding hydrogens is 274 g/mol.